The number of carboxylic acids is 1. The number of Topliss-reactive ketones (excluding diaryl/α,β-unsaturated/α-hetero) is 1. The van der Waals surface area contributed by atoms with Crippen molar-refractivity contribution in [1.82, 2.24) is 0 Å². The van der Waals surface area contributed by atoms with Gasteiger partial charge in [0.2, 0.25) is 0 Å². The summed E-state index contributed by atoms with van der Waals surface area (Å²) in [6.07, 6.45) is 0.422. The number of carbonyl (C=O) groups is 2. The van der Waals surface area contributed by atoms with Crippen molar-refractivity contribution in [2.75, 3.05) is 0 Å². The Balaban J connectivity index is 3.40. The second kappa shape index (κ2) is 5.26. The smallest absolute Gasteiger partial charge is 0.336 e. The molecule has 3 heteroatoms. The first kappa shape index (κ1) is 12.2. The fourth-order valence-corrected chi connectivity index (χ4v) is 1.63. The minimum atomic E-state index is -1.06. The van der Waals surface area contributed by atoms with Gasteiger partial charge in [-0.25, -0.2) is 4.79 Å². The van der Waals surface area contributed by atoms with Crippen molar-refractivity contribution < 1.29 is 14.7 Å². The first-order valence-electron chi connectivity index (χ1n) is 5.10. The van der Waals surface area contributed by atoms with E-state index in [4.69, 9.17) is 5.11 Å². The average molecular weight is 218 g/mol. The number of aliphatic carboxylic acids is 1. The highest BCUT2D eigenvalue weighted by atomic mass is 16.4. The van der Waals surface area contributed by atoms with E-state index in [9.17, 15) is 9.59 Å². The van der Waals surface area contributed by atoms with E-state index in [1.54, 1.807) is 31.2 Å². The highest BCUT2D eigenvalue weighted by Gasteiger charge is 2.17. The van der Waals surface area contributed by atoms with Crippen LogP contribution < -0.4 is 0 Å². The lowest BCUT2D eigenvalue weighted by Gasteiger charge is -2.08. The molecule has 0 atom stereocenters. The number of hydrogen-bond acceptors (Lipinski definition) is 2. The van der Waals surface area contributed by atoms with Gasteiger partial charge in [0, 0.05) is 5.57 Å². The minimum absolute atomic E-state index is 0.107. The number of rotatable bonds is 4. The molecule has 0 fully saturated rings. The predicted octanol–water partition coefficient (Wildman–Crippen LogP) is 2.52. The highest BCUT2D eigenvalue weighted by Crippen LogP contribution is 2.21. The Labute approximate surface area is 94.4 Å². The molecule has 0 aliphatic heterocycles. The second-order valence-corrected chi connectivity index (χ2v) is 3.43. The summed E-state index contributed by atoms with van der Waals surface area (Å²) in [5, 5.41) is 9.17. The van der Waals surface area contributed by atoms with Gasteiger partial charge >= 0.3 is 5.97 Å². The molecule has 3 nitrogen and oxygen atoms in total. The van der Waals surface area contributed by atoms with Crippen LogP contribution in [0.2, 0.25) is 0 Å². The lowest BCUT2D eigenvalue weighted by molar-refractivity contribution is -0.130. The van der Waals surface area contributed by atoms with E-state index in [1.165, 1.54) is 6.92 Å². The quantitative estimate of drug-likeness (QED) is 0.790. The number of ketones is 1. The second-order valence-electron chi connectivity index (χ2n) is 3.43. The van der Waals surface area contributed by atoms with Crippen LogP contribution in [0.25, 0.3) is 5.57 Å². The molecular formula is C13H14O3. The van der Waals surface area contributed by atoms with Crippen LogP contribution in [-0.4, -0.2) is 16.9 Å². The summed E-state index contributed by atoms with van der Waals surface area (Å²) in [6, 6.07) is 8.71. The summed E-state index contributed by atoms with van der Waals surface area (Å²) in [7, 11) is 0. The lowest BCUT2D eigenvalue weighted by Crippen LogP contribution is -2.08. The zero-order chi connectivity index (χ0) is 12.1. The van der Waals surface area contributed by atoms with Gasteiger partial charge in [-0.15, -0.1) is 0 Å². The molecule has 0 spiro atoms. The summed E-state index contributed by atoms with van der Waals surface area (Å²) in [4.78, 5) is 22.6. The van der Waals surface area contributed by atoms with E-state index in [2.05, 4.69) is 0 Å². The van der Waals surface area contributed by atoms with Gasteiger partial charge in [0.25, 0.3) is 0 Å². The van der Waals surface area contributed by atoms with Crippen LogP contribution >= 0.6 is 0 Å². The van der Waals surface area contributed by atoms with Crippen molar-refractivity contribution in [2.24, 2.45) is 0 Å². The van der Waals surface area contributed by atoms with Gasteiger partial charge in [0.1, 0.15) is 0 Å². The van der Waals surface area contributed by atoms with Crippen molar-refractivity contribution in [3.05, 3.63) is 41.5 Å². The Morgan fingerprint density at radius 2 is 1.75 bits per heavy atom. The third kappa shape index (κ3) is 2.57. The minimum Gasteiger partial charge on any atom is -0.478 e. The van der Waals surface area contributed by atoms with Crippen molar-refractivity contribution in [3.8, 4) is 0 Å². The molecule has 0 saturated carbocycles. The molecule has 0 unspecified atom stereocenters. The molecule has 0 saturated heterocycles. The monoisotopic (exact) mass is 218 g/mol. The molecule has 16 heavy (non-hydrogen) atoms. The molecular weight excluding hydrogens is 204 g/mol. The third-order valence-electron chi connectivity index (χ3n) is 2.36. The summed E-state index contributed by atoms with van der Waals surface area (Å²) in [5.74, 6) is -1.25. The number of hydrogen-bond donors (Lipinski definition) is 1. The number of allylic oxidation sites excluding steroid dienone is 1. The molecule has 0 radical (unpaired) electrons. The lowest BCUT2D eigenvalue weighted by atomic mass is 9.96. The molecule has 1 N–H and O–H groups in total. The first-order chi connectivity index (χ1) is 7.57. The first-order valence-corrected chi connectivity index (χ1v) is 5.10. The maximum Gasteiger partial charge on any atom is 0.336 e. The van der Waals surface area contributed by atoms with Gasteiger partial charge in [0.05, 0.1) is 5.57 Å². The van der Waals surface area contributed by atoms with Gasteiger partial charge in [-0.3, -0.25) is 4.79 Å². The number of carbonyl (C=O) groups excluding carboxylic acids is 1. The van der Waals surface area contributed by atoms with E-state index in [0.29, 0.717) is 17.6 Å². The fourth-order valence-electron chi connectivity index (χ4n) is 1.63. The molecule has 84 valence electrons. The maximum absolute atomic E-state index is 11.4. The van der Waals surface area contributed by atoms with Gasteiger partial charge in [0.15, 0.2) is 5.78 Å². The molecule has 1 rings (SSSR count). The van der Waals surface area contributed by atoms with Crippen molar-refractivity contribution >= 4 is 17.3 Å². The van der Waals surface area contributed by atoms with Crippen molar-refractivity contribution in [1.29, 1.82) is 0 Å². The molecule has 0 heterocycles. The standard InChI is InChI=1S/C13H14O3/c1-3-11(9(2)14)12(13(15)16)10-7-5-4-6-8-10/h4-8H,3H2,1-2H3,(H,15,16). The van der Waals surface area contributed by atoms with Crippen LogP contribution in [0.5, 0.6) is 0 Å². The van der Waals surface area contributed by atoms with E-state index in [1.807, 2.05) is 6.07 Å². The molecule has 0 bridgehead atoms. The van der Waals surface area contributed by atoms with Gasteiger partial charge < -0.3 is 5.11 Å². The van der Waals surface area contributed by atoms with E-state index in [0.717, 1.165) is 0 Å². The zero-order valence-electron chi connectivity index (χ0n) is 9.36. The third-order valence-corrected chi connectivity index (χ3v) is 2.36. The van der Waals surface area contributed by atoms with E-state index in [-0.39, 0.29) is 11.4 Å². The topological polar surface area (TPSA) is 54.4 Å². The highest BCUT2D eigenvalue weighted by molar-refractivity contribution is 6.22. The summed E-state index contributed by atoms with van der Waals surface area (Å²) < 4.78 is 0. The largest absolute Gasteiger partial charge is 0.478 e. The van der Waals surface area contributed by atoms with Gasteiger partial charge in [-0.2, -0.15) is 0 Å². The van der Waals surface area contributed by atoms with Gasteiger partial charge in [-0.05, 0) is 18.9 Å². The van der Waals surface area contributed by atoms with Crippen molar-refractivity contribution in [2.45, 2.75) is 20.3 Å². The summed E-state index contributed by atoms with van der Waals surface area (Å²) >= 11 is 0. The predicted molar refractivity (Wildman–Crippen MR) is 62.0 cm³/mol. The number of benzene rings is 1. The van der Waals surface area contributed by atoms with Crippen LogP contribution in [0.4, 0.5) is 0 Å². The van der Waals surface area contributed by atoms with E-state index < -0.39 is 5.97 Å². The summed E-state index contributed by atoms with van der Waals surface area (Å²) in [6.45, 7) is 3.17. The summed E-state index contributed by atoms with van der Waals surface area (Å²) in [5.41, 5.74) is 1.04. The maximum atomic E-state index is 11.4. The Bertz CT molecular complexity index is 430. The Morgan fingerprint density at radius 3 is 2.12 bits per heavy atom. The number of carboxylic acid groups (broad SMARTS) is 1. The molecule has 1 aromatic carbocycles. The molecule has 0 aliphatic carbocycles. The molecule has 0 aliphatic rings. The zero-order valence-corrected chi connectivity index (χ0v) is 9.36. The van der Waals surface area contributed by atoms with Crippen molar-refractivity contribution in [3.63, 3.8) is 0 Å². The normalized spacial score (nSPS) is 11.9. The molecule has 1 aromatic rings. The molecule has 0 aromatic heterocycles. The van der Waals surface area contributed by atoms with Crippen LogP contribution in [0.1, 0.15) is 25.8 Å². The SMILES string of the molecule is CCC(C(C)=O)=C(C(=O)O)c1ccccc1. The van der Waals surface area contributed by atoms with E-state index >= 15 is 0 Å². The Morgan fingerprint density at radius 1 is 1.19 bits per heavy atom. The van der Waals surface area contributed by atoms with Gasteiger partial charge in [-0.1, -0.05) is 37.3 Å². The molecule has 0 amide bonds. The van der Waals surface area contributed by atoms with Crippen LogP contribution in [0.3, 0.4) is 0 Å². The Kier molecular flexibility index (Phi) is 4.00. The van der Waals surface area contributed by atoms with Crippen LogP contribution in [0, 0.1) is 0 Å². The fraction of sp³-hybridized carbons (Fsp3) is 0.231. The Hall–Kier alpha value is -1.90. The van der Waals surface area contributed by atoms with Crippen LogP contribution in [-0.2, 0) is 9.59 Å². The van der Waals surface area contributed by atoms with Crippen LogP contribution in [0.15, 0.2) is 35.9 Å². The average Bonchev–Trinajstić information content (AvgIpc) is 2.25.